The quantitative estimate of drug-likeness (QED) is 0.907. The van der Waals surface area contributed by atoms with Gasteiger partial charge in [0.1, 0.15) is 5.75 Å². The smallest absolute Gasteiger partial charge is 0.265 e. The summed E-state index contributed by atoms with van der Waals surface area (Å²) in [7, 11) is 0. The number of rotatable bonds is 5. The van der Waals surface area contributed by atoms with Crippen LogP contribution < -0.4 is 10.1 Å². The van der Waals surface area contributed by atoms with Crippen LogP contribution in [-0.4, -0.2) is 17.0 Å². The number of anilines is 1. The van der Waals surface area contributed by atoms with E-state index in [2.05, 4.69) is 10.3 Å². The molecule has 1 amide bonds. The standard InChI is InChI=1S/C16H18N2O2/c1-3-15(20-14-8-4-6-12(2)10-14)16(19)18-13-7-5-9-17-11-13/h4-11,15H,3H2,1-2H3,(H,18,19)/t15-/m1/s1. The number of nitrogens with one attached hydrogen (secondary N) is 1. The first-order valence-corrected chi connectivity index (χ1v) is 6.63. The number of pyridine rings is 1. The molecule has 0 aliphatic heterocycles. The topological polar surface area (TPSA) is 51.2 Å². The lowest BCUT2D eigenvalue weighted by Crippen LogP contribution is -2.32. The number of amides is 1. The highest BCUT2D eigenvalue weighted by atomic mass is 16.5. The summed E-state index contributed by atoms with van der Waals surface area (Å²) in [5.74, 6) is 0.542. The zero-order valence-corrected chi connectivity index (χ0v) is 11.7. The minimum absolute atomic E-state index is 0.165. The molecule has 1 aromatic carbocycles. The number of hydrogen-bond acceptors (Lipinski definition) is 3. The van der Waals surface area contributed by atoms with Crippen molar-refractivity contribution < 1.29 is 9.53 Å². The lowest BCUT2D eigenvalue weighted by molar-refractivity contribution is -0.122. The van der Waals surface area contributed by atoms with Gasteiger partial charge in [-0.2, -0.15) is 0 Å². The summed E-state index contributed by atoms with van der Waals surface area (Å²) in [6.45, 7) is 3.91. The summed E-state index contributed by atoms with van der Waals surface area (Å²) < 4.78 is 5.75. The molecule has 0 saturated heterocycles. The number of aryl methyl sites for hydroxylation is 1. The Labute approximate surface area is 118 Å². The Morgan fingerprint density at radius 3 is 2.85 bits per heavy atom. The normalized spacial score (nSPS) is 11.7. The van der Waals surface area contributed by atoms with Crippen molar-refractivity contribution in [2.45, 2.75) is 26.4 Å². The molecule has 1 N–H and O–H groups in total. The van der Waals surface area contributed by atoms with Gasteiger partial charge in [-0.1, -0.05) is 19.1 Å². The molecule has 4 heteroatoms. The maximum Gasteiger partial charge on any atom is 0.265 e. The van der Waals surface area contributed by atoms with Crippen LogP contribution in [0.2, 0.25) is 0 Å². The molecule has 104 valence electrons. The van der Waals surface area contributed by atoms with Crippen LogP contribution in [0.25, 0.3) is 0 Å². The maximum atomic E-state index is 12.2. The van der Waals surface area contributed by atoms with Gasteiger partial charge in [-0.05, 0) is 43.2 Å². The first-order valence-electron chi connectivity index (χ1n) is 6.63. The number of nitrogens with zero attached hydrogens (tertiary/aromatic N) is 1. The van der Waals surface area contributed by atoms with Crippen molar-refractivity contribution in [3.05, 3.63) is 54.4 Å². The number of ether oxygens (including phenoxy) is 1. The van der Waals surface area contributed by atoms with Crippen LogP contribution in [0, 0.1) is 6.92 Å². The highest BCUT2D eigenvalue weighted by molar-refractivity contribution is 5.94. The molecular formula is C16H18N2O2. The van der Waals surface area contributed by atoms with E-state index in [-0.39, 0.29) is 5.91 Å². The lowest BCUT2D eigenvalue weighted by atomic mass is 10.2. The van der Waals surface area contributed by atoms with E-state index in [1.54, 1.807) is 24.5 Å². The van der Waals surface area contributed by atoms with E-state index >= 15 is 0 Å². The average Bonchev–Trinajstić information content (AvgIpc) is 2.46. The average molecular weight is 270 g/mol. The number of carbonyl (C=O) groups is 1. The second kappa shape index (κ2) is 6.70. The molecule has 1 atom stereocenters. The van der Waals surface area contributed by atoms with Gasteiger partial charge in [0.05, 0.1) is 11.9 Å². The van der Waals surface area contributed by atoms with Gasteiger partial charge in [-0.3, -0.25) is 9.78 Å². The Morgan fingerprint density at radius 1 is 1.35 bits per heavy atom. The molecule has 0 saturated carbocycles. The van der Waals surface area contributed by atoms with Crippen molar-refractivity contribution >= 4 is 11.6 Å². The number of aromatic nitrogens is 1. The van der Waals surface area contributed by atoms with Gasteiger partial charge < -0.3 is 10.1 Å². The molecule has 0 aliphatic carbocycles. The molecule has 0 aliphatic rings. The SMILES string of the molecule is CC[C@@H](Oc1cccc(C)c1)C(=O)Nc1cccnc1. The fraction of sp³-hybridized carbons (Fsp3) is 0.250. The van der Waals surface area contributed by atoms with Crippen molar-refractivity contribution in [3.8, 4) is 5.75 Å². The number of benzene rings is 1. The summed E-state index contributed by atoms with van der Waals surface area (Å²) in [6.07, 6.45) is 3.35. The van der Waals surface area contributed by atoms with Crippen LogP contribution in [-0.2, 0) is 4.79 Å². The summed E-state index contributed by atoms with van der Waals surface area (Å²) in [5, 5.41) is 2.80. The van der Waals surface area contributed by atoms with Gasteiger partial charge in [-0.25, -0.2) is 0 Å². The third-order valence-corrected chi connectivity index (χ3v) is 2.86. The molecular weight excluding hydrogens is 252 g/mol. The highest BCUT2D eigenvalue weighted by Crippen LogP contribution is 2.16. The van der Waals surface area contributed by atoms with Crippen LogP contribution >= 0.6 is 0 Å². The molecule has 2 aromatic rings. The molecule has 0 unspecified atom stereocenters. The van der Waals surface area contributed by atoms with Crippen LogP contribution in [0.3, 0.4) is 0 Å². The van der Waals surface area contributed by atoms with Gasteiger partial charge in [-0.15, -0.1) is 0 Å². The predicted octanol–water partition coefficient (Wildman–Crippen LogP) is 3.19. The number of hydrogen-bond donors (Lipinski definition) is 1. The van der Waals surface area contributed by atoms with E-state index < -0.39 is 6.10 Å². The van der Waals surface area contributed by atoms with Gasteiger partial charge in [0.15, 0.2) is 6.10 Å². The Balaban J connectivity index is 2.02. The molecule has 0 fully saturated rings. The fourth-order valence-electron chi connectivity index (χ4n) is 1.83. The molecule has 0 radical (unpaired) electrons. The van der Waals surface area contributed by atoms with E-state index in [1.807, 2.05) is 38.1 Å². The lowest BCUT2D eigenvalue weighted by Gasteiger charge is -2.17. The molecule has 0 spiro atoms. The van der Waals surface area contributed by atoms with Crippen molar-refractivity contribution in [3.63, 3.8) is 0 Å². The maximum absolute atomic E-state index is 12.2. The fourth-order valence-corrected chi connectivity index (χ4v) is 1.83. The van der Waals surface area contributed by atoms with E-state index in [4.69, 9.17) is 4.74 Å². The minimum Gasteiger partial charge on any atom is -0.481 e. The Hall–Kier alpha value is -2.36. The molecule has 2 rings (SSSR count). The van der Waals surface area contributed by atoms with E-state index in [1.165, 1.54) is 0 Å². The van der Waals surface area contributed by atoms with Crippen LogP contribution in [0.15, 0.2) is 48.8 Å². The Bertz CT molecular complexity index is 570. The van der Waals surface area contributed by atoms with Gasteiger partial charge in [0.2, 0.25) is 0 Å². The summed E-state index contributed by atoms with van der Waals surface area (Å²) >= 11 is 0. The van der Waals surface area contributed by atoms with E-state index in [0.717, 1.165) is 5.56 Å². The van der Waals surface area contributed by atoms with Crippen LogP contribution in [0.1, 0.15) is 18.9 Å². The minimum atomic E-state index is -0.517. The summed E-state index contributed by atoms with van der Waals surface area (Å²) in [6, 6.07) is 11.2. The Morgan fingerprint density at radius 2 is 2.20 bits per heavy atom. The van der Waals surface area contributed by atoms with E-state index in [9.17, 15) is 4.79 Å². The third-order valence-electron chi connectivity index (χ3n) is 2.86. The van der Waals surface area contributed by atoms with Gasteiger partial charge in [0, 0.05) is 6.20 Å². The van der Waals surface area contributed by atoms with Crippen LogP contribution in [0.4, 0.5) is 5.69 Å². The molecule has 0 bridgehead atoms. The van der Waals surface area contributed by atoms with E-state index in [0.29, 0.717) is 17.9 Å². The zero-order valence-electron chi connectivity index (χ0n) is 11.7. The first kappa shape index (κ1) is 14.1. The van der Waals surface area contributed by atoms with Crippen LogP contribution in [0.5, 0.6) is 5.75 Å². The zero-order chi connectivity index (χ0) is 14.4. The van der Waals surface area contributed by atoms with Crippen molar-refractivity contribution in [2.24, 2.45) is 0 Å². The van der Waals surface area contributed by atoms with Crippen molar-refractivity contribution in [2.75, 3.05) is 5.32 Å². The second-order valence-electron chi connectivity index (χ2n) is 4.56. The predicted molar refractivity (Wildman–Crippen MR) is 78.8 cm³/mol. The molecule has 1 aromatic heterocycles. The molecule has 20 heavy (non-hydrogen) atoms. The summed E-state index contributed by atoms with van der Waals surface area (Å²) in [4.78, 5) is 16.1. The third kappa shape index (κ3) is 3.82. The van der Waals surface area contributed by atoms with Crippen molar-refractivity contribution in [1.82, 2.24) is 4.98 Å². The molecule has 1 heterocycles. The Kier molecular flexibility index (Phi) is 4.71. The first-order chi connectivity index (χ1) is 9.69. The monoisotopic (exact) mass is 270 g/mol. The second-order valence-corrected chi connectivity index (χ2v) is 4.56. The number of carbonyl (C=O) groups excluding carboxylic acids is 1. The van der Waals surface area contributed by atoms with Gasteiger partial charge in [0.25, 0.3) is 5.91 Å². The van der Waals surface area contributed by atoms with Gasteiger partial charge >= 0.3 is 0 Å². The molecule has 4 nitrogen and oxygen atoms in total. The summed E-state index contributed by atoms with van der Waals surface area (Å²) in [5.41, 5.74) is 1.77. The largest absolute Gasteiger partial charge is 0.481 e. The highest BCUT2D eigenvalue weighted by Gasteiger charge is 2.18. The van der Waals surface area contributed by atoms with Crippen molar-refractivity contribution in [1.29, 1.82) is 0 Å².